The van der Waals surface area contributed by atoms with Crippen LogP contribution >= 0.6 is 0 Å². The van der Waals surface area contributed by atoms with Crippen molar-refractivity contribution in [1.82, 2.24) is 15.4 Å². The fourth-order valence-electron chi connectivity index (χ4n) is 4.27. The number of benzene rings is 2. The molecule has 0 radical (unpaired) electrons. The first-order valence-corrected chi connectivity index (χ1v) is 12.9. The monoisotopic (exact) mass is 523 g/mol. The molecule has 0 spiro atoms. The Morgan fingerprint density at radius 1 is 1.11 bits per heavy atom. The lowest BCUT2D eigenvalue weighted by atomic mass is 9.94. The van der Waals surface area contributed by atoms with Crippen LogP contribution in [0.4, 0.5) is 0 Å². The van der Waals surface area contributed by atoms with Gasteiger partial charge in [0.2, 0.25) is 0 Å². The number of nitrogens with one attached hydrogen (secondary N) is 1. The molecule has 1 heterocycles. The maximum atomic E-state index is 12.8. The third-order valence-corrected chi connectivity index (χ3v) is 6.18. The summed E-state index contributed by atoms with van der Waals surface area (Å²) in [5.41, 5.74) is 3.32. The first-order valence-electron chi connectivity index (χ1n) is 12.9. The zero-order valence-corrected chi connectivity index (χ0v) is 22.7. The lowest BCUT2D eigenvalue weighted by Gasteiger charge is -2.17. The Morgan fingerprint density at radius 2 is 1.82 bits per heavy atom. The number of hydrogen-bond donors (Lipinski definition) is 3. The maximum Gasteiger partial charge on any atom is 0.305 e. The Hall–Kier alpha value is -3.85. The summed E-state index contributed by atoms with van der Waals surface area (Å²) < 4.78 is 10.6. The average Bonchev–Trinajstić information content (AvgIpc) is 3.29. The van der Waals surface area contributed by atoms with Crippen LogP contribution in [0.25, 0.3) is 22.5 Å². The molecule has 1 amide bonds. The number of carbonyl (C=O) groups is 2. The molecule has 0 atom stereocenters. The highest BCUT2D eigenvalue weighted by Crippen LogP contribution is 2.43. The van der Waals surface area contributed by atoms with Gasteiger partial charge in [-0.1, -0.05) is 43.3 Å². The van der Waals surface area contributed by atoms with Gasteiger partial charge in [0.05, 0.1) is 17.7 Å². The number of phenols is 2. The topological polar surface area (TPSA) is 125 Å². The number of phenolic OH excluding ortho intramolecular Hbond substituents is 2. The van der Waals surface area contributed by atoms with E-state index in [4.69, 9.17) is 9.26 Å². The summed E-state index contributed by atoms with van der Waals surface area (Å²) in [6.07, 6.45) is 1.10. The predicted molar refractivity (Wildman–Crippen MR) is 145 cm³/mol. The van der Waals surface area contributed by atoms with E-state index in [9.17, 15) is 19.8 Å². The van der Waals surface area contributed by atoms with Gasteiger partial charge in [0.25, 0.3) is 5.91 Å². The third kappa shape index (κ3) is 6.92. The predicted octanol–water partition coefficient (Wildman–Crippen LogP) is 5.07. The molecule has 204 valence electrons. The molecule has 0 saturated carbocycles. The van der Waals surface area contributed by atoms with Crippen molar-refractivity contribution in [2.75, 3.05) is 26.7 Å². The second-order valence-electron chi connectivity index (χ2n) is 9.52. The van der Waals surface area contributed by atoms with E-state index in [2.05, 4.69) is 15.4 Å². The Bertz CT molecular complexity index is 1250. The van der Waals surface area contributed by atoms with E-state index in [1.165, 1.54) is 6.07 Å². The molecule has 0 saturated heterocycles. The van der Waals surface area contributed by atoms with E-state index >= 15 is 0 Å². The molecule has 0 aliphatic carbocycles. The number of ether oxygens (including phenoxy) is 1. The number of amides is 1. The number of nitrogens with zero attached hydrogens (tertiary/aromatic N) is 2. The van der Waals surface area contributed by atoms with Crippen molar-refractivity contribution < 1.29 is 29.1 Å². The second-order valence-corrected chi connectivity index (χ2v) is 9.52. The Morgan fingerprint density at radius 3 is 2.45 bits per heavy atom. The molecule has 0 fully saturated rings. The van der Waals surface area contributed by atoms with E-state index in [0.29, 0.717) is 54.8 Å². The van der Waals surface area contributed by atoms with Crippen LogP contribution in [0, 0.1) is 0 Å². The van der Waals surface area contributed by atoms with Crippen molar-refractivity contribution >= 4 is 11.9 Å². The van der Waals surface area contributed by atoms with E-state index in [0.717, 1.165) is 12.1 Å². The van der Waals surface area contributed by atoms with Crippen LogP contribution in [-0.4, -0.2) is 58.9 Å². The smallest absolute Gasteiger partial charge is 0.305 e. The molecular weight excluding hydrogens is 486 g/mol. The fourth-order valence-corrected chi connectivity index (χ4v) is 4.27. The summed E-state index contributed by atoms with van der Waals surface area (Å²) in [6.45, 7) is 9.72. The largest absolute Gasteiger partial charge is 0.508 e. The zero-order chi connectivity index (χ0) is 27.8. The van der Waals surface area contributed by atoms with Crippen molar-refractivity contribution in [2.45, 2.75) is 53.0 Å². The van der Waals surface area contributed by atoms with Gasteiger partial charge in [0.15, 0.2) is 11.5 Å². The highest BCUT2D eigenvalue weighted by Gasteiger charge is 2.27. The Kier molecular flexibility index (Phi) is 9.90. The van der Waals surface area contributed by atoms with Gasteiger partial charge >= 0.3 is 5.97 Å². The molecule has 0 aliphatic rings. The van der Waals surface area contributed by atoms with Gasteiger partial charge in [-0.3, -0.25) is 9.59 Å². The van der Waals surface area contributed by atoms with E-state index < -0.39 is 0 Å². The third-order valence-electron chi connectivity index (χ3n) is 6.18. The summed E-state index contributed by atoms with van der Waals surface area (Å²) in [5, 5.41) is 27.8. The van der Waals surface area contributed by atoms with Crippen molar-refractivity contribution in [3.8, 4) is 33.9 Å². The number of rotatable bonds is 12. The number of aromatic hydroxyl groups is 2. The summed E-state index contributed by atoms with van der Waals surface area (Å²) in [4.78, 5) is 26.5. The van der Waals surface area contributed by atoms with Crippen molar-refractivity contribution in [1.29, 1.82) is 0 Å². The minimum absolute atomic E-state index is 0.00264. The lowest BCUT2D eigenvalue weighted by molar-refractivity contribution is -0.143. The highest BCUT2D eigenvalue weighted by atomic mass is 16.5. The van der Waals surface area contributed by atoms with Crippen LogP contribution in [0.15, 0.2) is 40.9 Å². The maximum absolute atomic E-state index is 12.8. The van der Waals surface area contributed by atoms with Crippen LogP contribution in [0.3, 0.4) is 0 Å². The molecule has 0 aliphatic heterocycles. The van der Waals surface area contributed by atoms with Crippen LogP contribution < -0.4 is 5.32 Å². The number of aromatic nitrogens is 1. The lowest BCUT2D eigenvalue weighted by Crippen LogP contribution is -2.23. The summed E-state index contributed by atoms with van der Waals surface area (Å²) in [5.74, 6) is -0.510. The van der Waals surface area contributed by atoms with E-state index in [-0.39, 0.29) is 40.7 Å². The summed E-state index contributed by atoms with van der Waals surface area (Å²) in [7, 11) is 1.99. The molecule has 3 rings (SSSR count). The van der Waals surface area contributed by atoms with Gasteiger partial charge in [-0.05, 0) is 62.5 Å². The minimum Gasteiger partial charge on any atom is -0.508 e. The van der Waals surface area contributed by atoms with Gasteiger partial charge < -0.3 is 29.7 Å². The fraction of sp³-hybridized carbons (Fsp3) is 0.414. The zero-order valence-electron chi connectivity index (χ0n) is 22.7. The quantitative estimate of drug-likeness (QED) is 0.281. The molecule has 3 N–H and O–H groups in total. The second kappa shape index (κ2) is 13.1. The van der Waals surface area contributed by atoms with Crippen LogP contribution in [-0.2, 0) is 16.1 Å². The summed E-state index contributed by atoms with van der Waals surface area (Å²) in [6, 6.07) is 10.7. The molecule has 0 bridgehead atoms. The van der Waals surface area contributed by atoms with Crippen LogP contribution in [0.5, 0.6) is 11.5 Å². The van der Waals surface area contributed by atoms with E-state index in [1.807, 2.05) is 52.1 Å². The Balaban J connectivity index is 1.91. The molecule has 3 aromatic rings. The van der Waals surface area contributed by atoms with E-state index in [1.54, 1.807) is 13.0 Å². The first kappa shape index (κ1) is 28.7. The highest BCUT2D eigenvalue weighted by molar-refractivity contribution is 6.02. The van der Waals surface area contributed by atoms with Crippen molar-refractivity contribution in [3.63, 3.8) is 0 Å². The van der Waals surface area contributed by atoms with Gasteiger partial charge in [-0.2, -0.15) is 0 Å². The molecule has 38 heavy (non-hydrogen) atoms. The molecule has 0 unspecified atom stereocenters. The van der Waals surface area contributed by atoms with Gasteiger partial charge in [-0.25, -0.2) is 0 Å². The van der Waals surface area contributed by atoms with Gasteiger partial charge in [0, 0.05) is 25.6 Å². The minimum atomic E-state index is -0.384. The molecule has 9 heteroatoms. The number of hydrogen-bond acceptors (Lipinski definition) is 8. The van der Waals surface area contributed by atoms with Crippen molar-refractivity contribution in [2.24, 2.45) is 0 Å². The van der Waals surface area contributed by atoms with Gasteiger partial charge in [0.1, 0.15) is 11.5 Å². The Labute approximate surface area is 223 Å². The normalized spacial score (nSPS) is 11.2. The number of carbonyl (C=O) groups excluding carboxylic acids is 2. The summed E-state index contributed by atoms with van der Waals surface area (Å²) >= 11 is 0. The average molecular weight is 524 g/mol. The molecule has 2 aromatic carbocycles. The van der Waals surface area contributed by atoms with Gasteiger partial charge in [-0.15, -0.1) is 0 Å². The molecule has 1 aromatic heterocycles. The standard InChI is InChI=1S/C29H37N3O6/c1-6-30-29(36)27-26(28(38-31-27)22-15-21(18(3)4)23(33)16-24(22)34)20-12-10-19(11-13-20)17-32(5)14-8-9-25(35)37-7-2/h10-13,15-16,18,33-34H,6-9,14,17H2,1-5H3,(H,30,36). The molecular formula is C29H37N3O6. The first-order chi connectivity index (χ1) is 18.2. The van der Waals surface area contributed by atoms with Crippen LogP contribution in [0.1, 0.15) is 68.1 Å². The SMILES string of the molecule is CCNC(=O)c1noc(-c2cc(C(C)C)c(O)cc2O)c1-c1ccc(CN(C)CCCC(=O)OCC)cc1. The number of esters is 1. The molecule has 9 nitrogen and oxygen atoms in total. The van der Waals surface area contributed by atoms with Crippen molar-refractivity contribution in [3.05, 3.63) is 53.2 Å². The van der Waals surface area contributed by atoms with Crippen LogP contribution in [0.2, 0.25) is 0 Å².